The third-order valence-electron chi connectivity index (χ3n) is 20.8. The van der Waals surface area contributed by atoms with E-state index < -0.39 is 0 Å². The minimum atomic E-state index is -0.121. The number of nitrogens with one attached hydrogen (secondary N) is 3. The van der Waals surface area contributed by atoms with Gasteiger partial charge < -0.3 is 55.0 Å². The van der Waals surface area contributed by atoms with E-state index in [-0.39, 0.29) is 59.3 Å². The molecule has 0 bridgehead atoms. The number of ether oxygens (including phenoxy) is 4. The Labute approximate surface area is 618 Å². The number of aromatic hydroxyl groups is 4. The van der Waals surface area contributed by atoms with E-state index in [2.05, 4.69) is 66.7 Å². The molecule has 0 unspecified atom stereocenters. The van der Waals surface area contributed by atoms with E-state index in [9.17, 15) is 39.3 Å². The van der Waals surface area contributed by atoms with E-state index in [4.69, 9.17) is 24.1 Å². The lowest BCUT2D eigenvalue weighted by molar-refractivity contribution is 0.0954. The maximum Gasteiger partial charge on any atom is 0.231 e. The molecular weight excluding hydrogens is 1340 g/mol. The number of aldehydes is 1. The number of hydrogen-bond donors (Lipinski definition) is 7. The van der Waals surface area contributed by atoms with Crippen LogP contribution in [0.5, 0.6) is 46.0 Å². The number of para-hydroxylation sites is 1. The summed E-state index contributed by atoms with van der Waals surface area (Å²) in [6.45, 7) is 12.5. The highest BCUT2D eigenvalue weighted by molar-refractivity contribution is 6.15. The second-order valence-electron chi connectivity index (χ2n) is 28.2. The molecule has 18 rings (SSSR count). The Balaban J connectivity index is 0.000000120. The number of hydrogen-bond acceptors (Lipinski definition) is 18. The van der Waals surface area contributed by atoms with Gasteiger partial charge in [-0.05, 0) is 210 Å². The molecule has 0 saturated carbocycles. The minimum absolute atomic E-state index is 0.00659. The second-order valence-corrected chi connectivity index (χ2v) is 28.2. The van der Waals surface area contributed by atoms with E-state index in [1.807, 2.05) is 60.7 Å². The summed E-state index contributed by atoms with van der Waals surface area (Å²) in [4.78, 5) is 69.1. The van der Waals surface area contributed by atoms with Crippen molar-refractivity contribution in [3.8, 4) is 46.0 Å². The van der Waals surface area contributed by atoms with E-state index in [0.717, 1.165) is 128 Å². The van der Waals surface area contributed by atoms with Gasteiger partial charge >= 0.3 is 0 Å². The molecule has 19 heteroatoms. The van der Waals surface area contributed by atoms with Crippen molar-refractivity contribution < 1.29 is 63.3 Å². The van der Waals surface area contributed by atoms with Gasteiger partial charge in [0.25, 0.3) is 0 Å². The Morgan fingerprint density at radius 2 is 0.877 bits per heavy atom. The van der Waals surface area contributed by atoms with Crippen molar-refractivity contribution in [2.75, 3.05) is 78.7 Å². The highest BCUT2D eigenvalue weighted by Gasteiger charge is 2.35. The molecule has 7 N–H and O–H groups in total. The zero-order valence-corrected chi connectivity index (χ0v) is 60.1. The first-order chi connectivity index (χ1) is 51.8. The Kier molecular flexibility index (Phi) is 24.8. The van der Waals surface area contributed by atoms with Crippen molar-refractivity contribution in [3.63, 3.8) is 0 Å². The number of carbonyl (C=O) groups excluding carboxylic acids is 5. The van der Waals surface area contributed by atoms with Gasteiger partial charge in [-0.1, -0.05) is 117 Å². The van der Waals surface area contributed by atoms with Crippen LogP contribution < -0.4 is 29.6 Å². The maximum absolute atomic E-state index is 13.0. The van der Waals surface area contributed by atoms with E-state index >= 15 is 0 Å². The molecule has 8 aromatic rings. The fraction of sp³-hybridized carbons (Fsp3) is 0.345. The maximum atomic E-state index is 13.0. The normalized spacial score (nSPS) is 18.8. The molecule has 10 aliphatic rings. The van der Waals surface area contributed by atoms with Crippen molar-refractivity contribution in [1.82, 2.24) is 30.3 Å². The minimum Gasteiger partial charge on any atom is -0.508 e. The molecular formula is C87H94N6O13. The van der Waals surface area contributed by atoms with Crippen molar-refractivity contribution in [3.05, 3.63) is 236 Å². The first-order valence-electron chi connectivity index (χ1n) is 37.6. The van der Waals surface area contributed by atoms with Crippen LogP contribution in [0.3, 0.4) is 0 Å². The number of allylic oxidation sites excluding steroid dienone is 8. The predicted molar refractivity (Wildman–Crippen MR) is 410 cm³/mol. The van der Waals surface area contributed by atoms with Crippen molar-refractivity contribution >= 4 is 51.5 Å². The lowest BCUT2D eigenvalue weighted by Gasteiger charge is -2.21. The molecule has 7 aromatic carbocycles. The van der Waals surface area contributed by atoms with Gasteiger partial charge in [0.1, 0.15) is 46.0 Å². The van der Waals surface area contributed by atoms with Crippen LogP contribution in [-0.2, 0) is 32.5 Å². The third-order valence-corrected chi connectivity index (χ3v) is 20.8. The van der Waals surface area contributed by atoms with Crippen LogP contribution >= 0.6 is 0 Å². The van der Waals surface area contributed by atoms with E-state index in [0.29, 0.717) is 82.0 Å². The monoisotopic (exact) mass is 1430 g/mol. The molecule has 0 spiro atoms. The number of phenols is 4. The van der Waals surface area contributed by atoms with Gasteiger partial charge in [-0.25, -0.2) is 0 Å². The number of Topliss-reactive ketones (excluding diaryl/α,β-unsaturated/α-hetero) is 4. The van der Waals surface area contributed by atoms with Crippen molar-refractivity contribution in [1.29, 1.82) is 0 Å². The number of H-pyrrole nitrogens is 1. The molecule has 1 aromatic heterocycles. The van der Waals surface area contributed by atoms with Crippen LogP contribution in [0.15, 0.2) is 169 Å². The number of aromatic nitrogens is 1. The fourth-order valence-electron chi connectivity index (χ4n) is 15.0. The number of rotatable bonds is 9. The Bertz CT molecular complexity index is 4470. The highest BCUT2D eigenvalue weighted by atomic mass is 16.5. The summed E-state index contributed by atoms with van der Waals surface area (Å²) in [7, 11) is 0. The first-order valence-corrected chi connectivity index (χ1v) is 37.6. The molecule has 2 aliphatic carbocycles. The number of likely N-dealkylation sites (tertiary alicyclic amines) is 2. The van der Waals surface area contributed by atoms with E-state index in [1.165, 1.54) is 113 Å². The average molecular weight is 1430 g/mol. The lowest BCUT2D eigenvalue weighted by atomic mass is 10.0. The topological polar surface area (TPSA) is 253 Å². The van der Waals surface area contributed by atoms with Gasteiger partial charge in [0.2, 0.25) is 23.1 Å². The lowest BCUT2D eigenvalue weighted by Crippen LogP contribution is -2.27. The number of phenolic OH excluding ortho intramolecular Hbond substituents is 4. The number of nitrogens with zero attached hydrogens (tertiary/aromatic N) is 3. The van der Waals surface area contributed by atoms with Gasteiger partial charge in [-0.3, -0.25) is 38.7 Å². The Morgan fingerprint density at radius 3 is 1.44 bits per heavy atom. The molecule has 0 atom stereocenters. The summed E-state index contributed by atoms with van der Waals surface area (Å²) in [5, 5.41) is 47.8. The summed E-state index contributed by atoms with van der Waals surface area (Å²) in [6.07, 6.45) is 28.8. The number of ketones is 4. The van der Waals surface area contributed by atoms with Gasteiger partial charge in [0, 0.05) is 61.5 Å². The van der Waals surface area contributed by atoms with E-state index in [1.54, 1.807) is 48.7 Å². The third kappa shape index (κ3) is 17.9. The van der Waals surface area contributed by atoms with Crippen LogP contribution in [0.1, 0.15) is 174 Å². The van der Waals surface area contributed by atoms with Crippen LogP contribution in [-0.4, -0.2) is 148 Å². The summed E-state index contributed by atoms with van der Waals surface area (Å²) in [6, 6.07) is 38.5. The Morgan fingerprint density at radius 1 is 0.425 bits per heavy atom. The zero-order chi connectivity index (χ0) is 73.3. The quantitative estimate of drug-likeness (QED) is 0.0524. The molecule has 9 heterocycles. The fourth-order valence-corrected chi connectivity index (χ4v) is 15.0. The molecule has 8 aliphatic heterocycles. The van der Waals surface area contributed by atoms with Gasteiger partial charge in [0.05, 0.1) is 38.9 Å². The Hall–Kier alpha value is -10.4. The molecule has 19 nitrogen and oxygen atoms in total. The SMILES string of the molecule is C1CCCNCC1.O=C1/C(=C/C2=CCc3ccccc32)Oc2c1ccc(O)c2CN1CCCCCC1.O=C1/C(=C/C2=CCc3ccccc32)Oc2c1ccc(O)c2CN1CCCNCC1.O=C1COc2c1ccc(O)c2CN1CCCCCC1.O=C1COc2cc(O)ccc21.O=Cc1c[nH]c2ccccc12. The number of carbonyl (C=O) groups is 5. The number of benzene rings is 7. The van der Waals surface area contributed by atoms with Crippen LogP contribution in [0, 0.1) is 0 Å². The van der Waals surface area contributed by atoms with Crippen molar-refractivity contribution in [2.24, 2.45) is 0 Å². The zero-order valence-electron chi connectivity index (χ0n) is 60.1. The number of aromatic amines is 1. The summed E-state index contributed by atoms with van der Waals surface area (Å²) in [5.74, 6) is 3.26. The first kappa shape index (κ1) is 73.9. The molecule has 550 valence electrons. The highest BCUT2D eigenvalue weighted by Crippen LogP contribution is 2.44. The van der Waals surface area contributed by atoms with Gasteiger partial charge in [-0.2, -0.15) is 0 Å². The van der Waals surface area contributed by atoms with Crippen LogP contribution in [0.25, 0.3) is 22.0 Å². The molecule has 0 radical (unpaired) electrons. The molecule has 0 amide bonds. The summed E-state index contributed by atoms with van der Waals surface area (Å²) < 4.78 is 22.6. The van der Waals surface area contributed by atoms with Crippen LogP contribution in [0.2, 0.25) is 0 Å². The van der Waals surface area contributed by atoms with Gasteiger partial charge in [-0.15, -0.1) is 0 Å². The molecule has 4 fully saturated rings. The molecule has 106 heavy (non-hydrogen) atoms. The smallest absolute Gasteiger partial charge is 0.231 e. The van der Waals surface area contributed by atoms with Crippen molar-refractivity contribution in [2.45, 2.75) is 116 Å². The molecule has 4 saturated heterocycles. The summed E-state index contributed by atoms with van der Waals surface area (Å²) >= 11 is 0. The second kappa shape index (κ2) is 35.6. The van der Waals surface area contributed by atoms with Crippen LogP contribution in [0.4, 0.5) is 0 Å². The number of fused-ring (bicyclic) bond motifs is 7. The standard InChI is InChI=1S/C25H25NO3.C24H24N2O3.C15H19NO3.C9H7NO.C8H6O3.C6H13N/c27-22-12-11-20-24(28)23(15-18-10-9-17-7-3-4-8-19(17)18)29-25(20)21(22)16-26-13-5-1-2-6-14-26;27-21-9-8-19-23(28)22(14-17-7-6-16-4-1-2-5-18(16)17)29-24(19)20(21)15-26-12-3-10-25-11-13-26;17-13-6-5-11-14(18)10-19-15(11)12(13)9-16-7-3-1-2-4-8-16;11-6-7-5-10-9-4-2-1-3-8(7)9;9-5-1-2-6-7(10)4-11-8(6)3-5;1-2-4-6-7-5-3-1/h3-4,7-8,10-12,15,27H,1-2,5-6,9,13-14,16H2;1-2,4-5,7-9,14,25,27H,3,6,10-13,15H2;5-6,17H,1-4,7-10H2;1-6,10H;1-3,9H,4H2;7H,1-6H2/b23-15-;22-14-;;;;. The summed E-state index contributed by atoms with van der Waals surface area (Å²) in [5.41, 5.74) is 13.0. The predicted octanol–water partition coefficient (Wildman–Crippen LogP) is 14.6. The van der Waals surface area contributed by atoms with Gasteiger partial charge in [0.15, 0.2) is 31.0 Å². The average Bonchev–Trinajstić information content (AvgIpc) is 1.60. The largest absolute Gasteiger partial charge is 0.508 e.